The van der Waals surface area contributed by atoms with Crippen LogP contribution in [0.3, 0.4) is 0 Å². The van der Waals surface area contributed by atoms with Crippen LogP contribution in [-0.2, 0) is 15.7 Å². The zero-order valence-electron chi connectivity index (χ0n) is 18.1. The number of benzene rings is 1. The first-order chi connectivity index (χ1) is 13.1. The SMILES string of the molecule is CC1(C)OB(c2ccc3c(c2)CC[C@@H]2[C@@H]3CC[C@]3(C)C(O)CC[C@@H]23)OC1(C)C. The van der Waals surface area contributed by atoms with E-state index < -0.39 is 0 Å². The molecule has 1 saturated heterocycles. The monoisotopic (exact) mass is 382 g/mol. The molecule has 4 heteroatoms. The Morgan fingerprint density at radius 1 is 0.964 bits per heavy atom. The second kappa shape index (κ2) is 6.09. The summed E-state index contributed by atoms with van der Waals surface area (Å²) in [5.41, 5.74) is 3.77. The minimum absolute atomic E-state index is 0.0920. The molecule has 28 heavy (non-hydrogen) atoms. The van der Waals surface area contributed by atoms with Gasteiger partial charge in [0.25, 0.3) is 0 Å². The van der Waals surface area contributed by atoms with Gasteiger partial charge in [-0.25, -0.2) is 0 Å². The molecule has 4 aliphatic rings. The van der Waals surface area contributed by atoms with Crippen LogP contribution in [-0.4, -0.2) is 29.5 Å². The van der Waals surface area contributed by atoms with E-state index in [1.165, 1.54) is 31.2 Å². The number of rotatable bonds is 1. The molecule has 1 N–H and O–H groups in total. The third-order valence-corrected chi connectivity index (χ3v) is 9.23. The number of fused-ring (bicyclic) bond motifs is 5. The summed E-state index contributed by atoms with van der Waals surface area (Å²) in [6.45, 7) is 10.8. The summed E-state index contributed by atoms with van der Waals surface area (Å²) < 4.78 is 12.6. The van der Waals surface area contributed by atoms with Crippen molar-refractivity contribution in [2.75, 3.05) is 0 Å². The molecular weight excluding hydrogens is 347 g/mol. The van der Waals surface area contributed by atoms with Crippen molar-refractivity contribution in [3.63, 3.8) is 0 Å². The van der Waals surface area contributed by atoms with Gasteiger partial charge in [-0.15, -0.1) is 0 Å². The Hall–Kier alpha value is -0.835. The molecule has 0 radical (unpaired) electrons. The molecule has 1 aromatic rings. The lowest BCUT2D eigenvalue weighted by Crippen LogP contribution is -2.44. The lowest BCUT2D eigenvalue weighted by Gasteiger charge is -2.50. The Bertz CT molecular complexity index is 772. The Labute approximate surface area is 170 Å². The van der Waals surface area contributed by atoms with Gasteiger partial charge in [-0.2, -0.15) is 0 Å². The van der Waals surface area contributed by atoms with Gasteiger partial charge in [0.1, 0.15) is 0 Å². The maximum absolute atomic E-state index is 10.6. The van der Waals surface area contributed by atoms with Crippen molar-refractivity contribution >= 4 is 12.6 Å². The minimum atomic E-state index is -0.296. The van der Waals surface area contributed by atoms with E-state index in [9.17, 15) is 5.11 Å². The highest BCUT2D eigenvalue weighted by atomic mass is 16.7. The van der Waals surface area contributed by atoms with Gasteiger partial charge < -0.3 is 14.4 Å². The van der Waals surface area contributed by atoms with E-state index >= 15 is 0 Å². The number of aliphatic hydroxyl groups is 1. The summed E-state index contributed by atoms with van der Waals surface area (Å²) in [7, 11) is -0.271. The van der Waals surface area contributed by atoms with Crippen molar-refractivity contribution in [2.24, 2.45) is 17.3 Å². The molecule has 0 bridgehead atoms. The third kappa shape index (κ3) is 2.60. The Balaban J connectivity index is 1.42. The number of aryl methyl sites for hydroxylation is 1. The highest BCUT2D eigenvalue weighted by molar-refractivity contribution is 6.62. The van der Waals surface area contributed by atoms with Gasteiger partial charge in [-0.3, -0.25) is 0 Å². The molecule has 5 atom stereocenters. The van der Waals surface area contributed by atoms with Crippen molar-refractivity contribution in [2.45, 2.75) is 96.4 Å². The lowest BCUT2D eigenvalue weighted by atomic mass is 9.55. The van der Waals surface area contributed by atoms with Gasteiger partial charge >= 0.3 is 7.12 Å². The van der Waals surface area contributed by atoms with E-state index in [2.05, 4.69) is 52.8 Å². The number of hydrogen-bond acceptors (Lipinski definition) is 3. The molecule has 152 valence electrons. The Kier molecular flexibility index (Phi) is 4.16. The third-order valence-electron chi connectivity index (χ3n) is 9.23. The molecule has 0 aromatic heterocycles. The molecule has 1 aromatic carbocycles. The fourth-order valence-electron chi connectivity index (χ4n) is 6.70. The normalized spacial score (nSPS) is 40.7. The van der Waals surface area contributed by atoms with Crippen LogP contribution in [0, 0.1) is 17.3 Å². The fourth-order valence-corrected chi connectivity index (χ4v) is 6.70. The second-order valence-electron chi connectivity index (χ2n) is 11.1. The van der Waals surface area contributed by atoms with Crippen molar-refractivity contribution in [1.82, 2.24) is 0 Å². The summed E-state index contributed by atoms with van der Waals surface area (Å²) in [5, 5.41) is 10.6. The first kappa shape index (κ1) is 19.1. The van der Waals surface area contributed by atoms with Crippen LogP contribution in [0.5, 0.6) is 0 Å². The summed E-state index contributed by atoms with van der Waals surface area (Å²) >= 11 is 0. The van der Waals surface area contributed by atoms with Crippen LogP contribution in [0.15, 0.2) is 18.2 Å². The number of aliphatic hydroxyl groups excluding tert-OH is 1. The Morgan fingerprint density at radius 3 is 2.39 bits per heavy atom. The highest BCUT2D eigenvalue weighted by Gasteiger charge is 2.55. The fraction of sp³-hybridized carbons (Fsp3) is 0.750. The van der Waals surface area contributed by atoms with Crippen molar-refractivity contribution in [3.05, 3.63) is 29.3 Å². The predicted octanol–water partition coefficient (Wildman–Crippen LogP) is 4.20. The van der Waals surface area contributed by atoms with Crippen LogP contribution < -0.4 is 5.46 Å². The van der Waals surface area contributed by atoms with E-state index in [4.69, 9.17) is 9.31 Å². The van der Waals surface area contributed by atoms with Crippen LogP contribution >= 0.6 is 0 Å². The first-order valence-corrected chi connectivity index (χ1v) is 11.3. The zero-order valence-corrected chi connectivity index (χ0v) is 18.1. The van der Waals surface area contributed by atoms with E-state index in [0.717, 1.165) is 24.2 Å². The zero-order chi connectivity index (χ0) is 19.9. The van der Waals surface area contributed by atoms with E-state index in [0.29, 0.717) is 11.8 Å². The largest absolute Gasteiger partial charge is 0.494 e. The molecule has 5 rings (SSSR count). The first-order valence-electron chi connectivity index (χ1n) is 11.3. The lowest BCUT2D eigenvalue weighted by molar-refractivity contribution is -0.0226. The van der Waals surface area contributed by atoms with Crippen molar-refractivity contribution < 1.29 is 14.4 Å². The van der Waals surface area contributed by atoms with Gasteiger partial charge in [0, 0.05) is 0 Å². The standard InChI is InChI=1S/C24H35BO3/c1-22(2)23(3,4)28-25(27-22)16-7-9-17-15(14-16)6-8-19-18(17)12-13-24(5)20(19)10-11-21(24)26/h7,9,14,18-21,26H,6,8,10-13H2,1-5H3/t18-,19-,20+,21?,24+/m1/s1. The molecule has 0 spiro atoms. The molecule has 0 amide bonds. The molecule has 1 unspecified atom stereocenters. The van der Waals surface area contributed by atoms with Crippen molar-refractivity contribution in [3.8, 4) is 0 Å². The van der Waals surface area contributed by atoms with E-state index in [-0.39, 0.29) is 29.8 Å². The summed E-state index contributed by atoms with van der Waals surface area (Å²) in [6, 6.07) is 6.95. The molecule has 1 aliphatic heterocycles. The summed E-state index contributed by atoms with van der Waals surface area (Å²) in [5.74, 6) is 2.10. The van der Waals surface area contributed by atoms with Crippen LogP contribution in [0.25, 0.3) is 0 Å². The van der Waals surface area contributed by atoms with Gasteiger partial charge in [0.15, 0.2) is 0 Å². The minimum Gasteiger partial charge on any atom is -0.399 e. The van der Waals surface area contributed by atoms with E-state index in [1.807, 2.05) is 0 Å². The van der Waals surface area contributed by atoms with Crippen LogP contribution in [0.2, 0.25) is 0 Å². The van der Waals surface area contributed by atoms with Gasteiger partial charge in [0.05, 0.1) is 17.3 Å². The summed E-state index contributed by atoms with van der Waals surface area (Å²) in [4.78, 5) is 0. The van der Waals surface area contributed by atoms with Gasteiger partial charge in [0.2, 0.25) is 0 Å². The van der Waals surface area contributed by atoms with Crippen LogP contribution in [0.4, 0.5) is 0 Å². The van der Waals surface area contributed by atoms with Crippen molar-refractivity contribution in [1.29, 1.82) is 0 Å². The quantitative estimate of drug-likeness (QED) is 0.740. The molecular formula is C24H35BO3. The van der Waals surface area contributed by atoms with Gasteiger partial charge in [-0.05, 0) is 106 Å². The average molecular weight is 382 g/mol. The summed E-state index contributed by atoms with van der Waals surface area (Å²) in [6.07, 6.45) is 6.91. The second-order valence-corrected chi connectivity index (χ2v) is 11.1. The molecule has 3 nitrogen and oxygen atoms in total. The highest BCUT2D eigenvalue weighted by Crippen LogP contribution is 2.60. The molecule has 3 aliphatic carbocycles. The maximum atomic E-state index is 10.6. The predicted molar refractivity (Wildman–Crippen MR) is 113 cm³/mol. The van der Waals surface area contributed by atoms with Crippen LogP contribution in [0.1, 0.15) is 83.8 Å². The Morgan fingerprint density at radius 2 is 1.68 bits per heavy atom. The maximum Gasteiger partial charge on any atom is 0.494 e. The molecule has 2 saturated carbocycles. The molecule has 1 heterocycles. The molecule has 3 fully saturated rings. The van der Waals surface area contributed by atoms with E-state index in [1.54, 1.807) is 5.56 Å². The average Bonchev–Trinajstić information content (AvgIpc) is 3.06. The topological polar surface area (TPSA) is 38.7 Å². The van der Waals surface area contributed by atoms with Gasteiger partial charge in [-0.1, -0.05) is 25.1 Å². The number of hydrogen-bond donors (Lipinski definition) is 1. The smallest absolute Gasteiger partial charge is 0.399 e.